The predicted octanol–water partition coefficient (Wildman–Crippen LogP) is 3.57. The first kappa shape index (κ1) is 17.6. The molecule has 2 N–H and O–H groups in total. The topological polar surface area (TPSA) is 74.0 Å². The van der Waals surface area contributed by atoms with Crippen molar-refractivity contribution in [3.05, 3.63) is 46.7 Å². The van der Waals surface area contributed by atoms with E-state index in [1.807, 2.05) is 17.9 Å². The maximum atomic E-state index is 14.5. The molecule has 4 rings (SSSR count). The fourth-order valence-corrected chi connectivity index (χ4v) is 3.91. The molecule has 0 saturated heterocycles. The van der Waals surface area contributed by atoms with Crippen molar-refractivity contribution in [2.24, 2.45) is 5.92 Å². The highest BCUT2D eigenvalue weighted by Crippen LogP contribution is 2.36. The van der Waals surface area contributed by atoms with Crippen molar-refractivity contribution >= 4 is 16.8 Å². The number of aryl methyl sites for hydroxylation is 1. The minimum atomic E-state index is -0.347. The Kier molecular flexibility index (Phi) is 4.17. The highest BCUT2D eigenvalue weighted by Gasteiger charge is 2.35. The van der Waals surface area contributed by atoms with Crippen molar-refractivity contribution in [1.29, 1.82) is 0 Å². The van der Waals surface area contributed by atoms with E-state index in [-0.39, 0.29) is 23.7 Å². The molecule has 0 bridgehead atoms. The molecular formula is C20H23FN4O2. The van der Waals surface area contributed by atoms with Gasteiger partial charge in [0.05, 0.1) is 12.6 Å². The Morgan fingerprint density at radius 2 is 2.15 bits per heavy atom. The summed E-state index contributed by atoms with van der Waals surface area (Å²) in [6.45, 7) is 6.47. The fraction of sp³-hybridized carbons (Fsp3) is 0.400. The van der Waals surface area contributed by atoms with E-state index in [4.69, 9.17) is 4.74 Å². The molecular weight excluding hydrogens is 347 g/mol. The van der Waals surface area contributed by atoms with Crippen LogP contribution in [0.15, 0.2) is 18.2 Å². The number of nitrogens with one attached hydrogen (secondary N) is 2. The molecule has 0 fully saturated rings. The molecule has 1 aliphatic rings. The van der Waals surface area contributed by atoms with Crippen LogP contribution in [0.4, 0.5) is 4.39 Å². The highest BCUT2D eigenvalue weighted by molar-refractivity contribution is 5.94. The Bertz CT molecular complexity index is 1020. The van der Waals surface area contributed by atoms with Crippen molar-refractivity contribution in [1.82, 2.24) is 20.1 Å². The molecule has 2 aromatic heterocycles. The van der Waals surface area contributed by atoms with Gasteiger partial charge in [-0.05, 0) is 25.0 Å². The number of fused-ring (bicyclic) bond motifs is 3. The van der Waals surface area contributed by atoms with Crippen LogP contribution in [0.25, 0.3) is 10.9 Å². The molecule has 3 heterocycles. The van der Waals surface area contributed by atoms with Crippen LogP contribution in [0.2, 0.25) is 0 Å². The Balaban J connectivity index is 1.80. The number of benzene rings is 1. The van der Waals surface area contributed by atoms with Gasteiger partial charge in [-0.25, -0.2) is 4.39 Å². The lowest BCUT2D eigenvalue weighted by Crippen LogP contribution is -2.47. The average molecular weight is 370 g/mol. The van der Waals surface area contributed by atoms with Gasteiger partial charge in [0.1, 0.15) is 11.4 Å². The van der Waals surface area contributed by atoms with E-state index in [0.29, 0.717) is 29.9 Å². The Morgan fingerprint density at radius 3 is 2.78 bits per heavy atom. The predicted molar refractivity (Wildman–Crippen MR) is 100 cm³/mol. The summed E-state index contributed by atoms with van der Waals surface area (Å²) in [6.07, 6.45) is 0.651. The second kappa shape index (κ2) is 6.40. The van der Waals surface area contributed by atoms with Gasteiger partial charge in [-0.2, -0.15) is 5.10 Å². The third-order valence-electron chi connectivity index (χ3n) is 5.36. The van der Waals surface area contributed by atoms with Gasteiger partial charge in [0.15, 0.2) is 5.82 Å². The third kappa shape index (κ3) is 2.87. The molecule has 3 aromatic rings. The van der Waals surface area contributed by atoms with E-state index < -0.39 is 0 Å². The van der Waals surface area contributed by atoms with E-state index >= 15 is 0 Å². The normalized spacial score (nSPS) is 16.8. The molecule has 1 unspecified atom stereocenters. The third-order valence-corrected chi connectivity index (χ3v) is 5.36. The van der Waals surface area contributed by atoms with Gasteiger partial charge >= 0.3 is 0 Å². The minimum Gasteiger partial charge on any atom is -0.497 e. The number of hydrogen-bond donors (Lipinski definition) is 2. The van der Waals surface area contributed by atoms with Crippen LogP contribution in [0.5, 0.6) is 5.75 Å². The highest BCUT2D eigenvalue weighted by atomic mass is 19.1. The first-order valence-corrected chi connectivity index (χ1v) is 9.09. The number of H-pyrrole nitrogens is 2. The number of hydrogen-bond acceptors (Lipinski definition) is 3. The van der Waals surface area contributed by atoms with Crippen LogP contribution in [0, 0.1) is 18.7 Å². The smallest absolute Gasteiger partial charge is 0.274 e. The van der Waals surface area contributed by atoms with E-state index in [2.05, 4.69) is 29.0 Å². The number of aromatic nitrogens is 3. The molecule has 1 atom stereocenters. The monoisotopic (exact) mass is 370 g/mol. The van der Waals surface area contributed by atoms with Gasteiger partial charge in [-0.1, -0.05) is 13.8 Å². The summed E-state index contributed by atoms with van der Waals surface area (Å²) >= 11 is 0. The van der Waals surface area contributed by atoms with E-state index in [1.165, 1.54) is 13.2 Å². The molecule has 1 amide bonds. The zero-order valence-electron chi connectivity index (χ0n) is 15.9. The molecule has 1 aromatic carbocycles. The number of amides is 1. The first-order chi connectivity index (χ1) is 12.9. The molecule has 0 radical (unpaired) electrons. The molecule has 142 valence electrons. The van der Waals surface area contributed by atoms with Gasteiger partial charge in [-0.3, -0.25) is 9.89 Å². The lowest BCUT2D eigenvalue weighted by atomic mass is 9.90. The maximum absolute atomic E-state index is 14.5. The van der Waals surface area contributed by atoms with Crippen LogP contribution in [-0.4, -0.2) is 39.1 Å². The van der Waals surface area contributed by atoms with Crippen molar-refractivity contribution in [2.45, 2.75) is 39.8 Å². The van der Waals surface area contributed by atoms with E-state index in [1.54, 1.807) is 6.07 Å². The summed E-state index contributed by atoms with van der Waals surface area (Å²) in [6, 6.07) is 4.97. The molecule has 0 aliphatic carbocycles. The molecule has 7 heteroatoms. The number of halogens is 1. The summed E-state index contributed by atoms with van der Waals surface area (Å²) in [4.78, 5) is 18.2. The SMILES string of the molecule is COc1cc(F)c2[nH]c3c(c2c1)CN(C(=O)c1cc(C)[nH]n1)C(C(C)C)C3. The second-order valence-electron chi connectivity index (χ2n) is 7.50. The van der Waals surface area contributed by atoms with E-state index in [0.717, 1.165) is 22.3 Å². The number of carbonyl (C=O) groups is 1. The quantitative estimate of drug-likeness (QED) is 0.740. The average Bonchev–Trinajstić information content (AvgIpc) is 3.23. The molecule has 0 spiro atoms. The summed E-state index contributed by atoms with van der Waals surface area (Å²) in [5, 5.41) is 7.72. The lowest BCUT2D eigenvalue weighted by molar-refractivity contribution is 0.0573. The number of ether oxygens (including phenoxy) is 1. The van der Waals surface area contributed by atoms with Crippen molar-refractivity contribution < 1.29 is 13.9 Å². The molecule has 1 aliphatic heterocycles. The number of rotatable bonds is 3. The van der Waals surface area contributed by atoms with Gasteiger partial charge < -0.3 is 14.6 Å². The molecule has 6 nitrogen and oxygen atoms in total. The molecule has 0 saturated carbocycles. The van der Waals surface area contributed by atoms with Crippen molar-refractivity contribution in [3.63, 3.8) is 0 Å². The maximum Gasteiger partial charge on any atom is 0.274 e. The van der Waals surface area contributed by atoms with Crippen LogP contribution in [-0.2, 0) is 13.0 Å². The van der Waals surface area contributed by atoms with Gasteiger partial charge in [0, 0.05) is 47.4 Å². The zero-order valence-corrected chi connectivity index (χ0v) is 15.9. The minimum absolute atomic E-state index is 0.0139. The number of nitrogens with zero attached hydrogens (tertiary/aromatic N) is 2. The van der Waals surface area contributed by atoms with Gasteiger partial charge in [-0.15, -0.1) is 0 Å². The summed E-state index contributed by atoms with van der Waals surface area (Å²) in [7, 11) is 1.52. The lowest BCUT2D eigenvalue weighted by Gasteiger charge is -2.38. The van der Waals surface area contributed by atoms with Crippen molar-refractivity contribution in [3.8, 4) is 5.75 Å². The summed E-state index contributed by atoms with van der Waals surface area (Å²) in [5.74, 6) is 0.267. The van der Waals surface area contributed by atoms with Crippen LogP contribution in [0.1, 0.15) is 41.3 Å². The van der Waals surface area contributed by atoms with E-state index in [9.17, 15) is 9.18 Å². The largest absolute Gasteiger partial charge is 0.497 e. The van der Waals surface area contributed by atoms with Crippen molar-refractivity contribution in [2.75, 3.05) is 7.11 Å². The number of methoxy groups -OCH3 is 1. The Labute approximate surface area is 156 Å². The van der Waals surface area contributed by atoms with Gasteiger partial charge in [0.25, 0.3) is 5.91 Å². The number of carbonyl (C=O) groups excluding carboxylic acids is 1. The zero-order chi connectivity index (χ0) is 19.3. The fourth-order valence-electron chi connectivity index (χ4n) is 3.91. The summed E-state index contributed by atoms with van der Waals surface area (Å²) in [5.41, 5.74) is 3.65. The van der Waals surface area contributed by atoms with Crippen LogP contribution in [0.3, 0.4) is 0 Å². The van der Waals surface area contributed by atoms with Gasteiger partial charge in [0.2, 0.25) is 0 Å². The standard InChI is InChI=1S/C20H23FN4O2/c1-10(2)18-8-16-14(9-25(18)20(26)17-5-11(3)23-24-17)13-6-12(27-4)7-15(21)19(13)22-16/h5-7,10,18,22H,8-9H2,1-4H3,(H,23,24). The number of aromatic amines is 2. The first-order valence-electron chi connectivity index (χ1n) is 9.09. The second-order valence-corrected chi connectivity index (χ2v) is 7.50. The summed E-state index contributed by atoms with van der Waals surface area (Å²) < 4.78 is 19.7. The Hall–Kier alpha value is -2.83. The van der Waals surface area contributed by atoms with Crippen LogP contribution < -0.4 is 4.74 Å². The Morgan fingerprint density at radius 1 is 1.37 bits per heavy atom. The molecule has 27 heavy (non-hydrogen) atoms. The van der Waals surface area contributed by atoms with Crippen LogP contribution >= 0.6 is 0 Å².